The largest absolute Gasteiger partial charge is 0.382 e. The molecule has 1 rings (SSSR count). The van der Waals surface area contributed by atoms with Crippen LogP contribution in [-0.4, -0.2) is 42.4 Å². The molecule has 1 heterocycles. The molecular weight excluding hydrogens is 184 g/mol. The number of aliphatic hydroxyl groups excluding tert-OH is 1. The Hall–Kier alpha value is -0.650. The smallest absolute Gasteiger partial charge is 0.247 e. The van der Waals surface area contributed by atoms with Crippen molar-refractivity contribution in [2.75, 3.05) is 13.1 Å². The SMILES string of the molecule is CC1CCC(CNCC(O)C(N)=O)O1. The van der Waals surface area contributed by atoms with Gasteiger partial charge in [0.2, 0.25) is 5.91 Å². The molecule has 1 aliphatic heterocycles. The summed E-state index contributed by atoms with van der Waals surface area (Å²) in [7, 11) is 0. The van der Waals surface area contributed by atoms with Crippen LogP contribution in [0.3, 0.4) is 0 Å². The summed E-state index contributed by atoms with van der Waals surface area (Å²) in [6.07, 6.45) is 1.52. The molecule has 5 heteroatoms. The van der Waals surface area contributed by atoms with Gasteiger partial charge in [0.05, 0.1) is 12.2 Å². The predicted molar refractivity (Wildman–Crippen MR) is 51.6 cm³/mol. The number of rotatable bonds is 5. The lowest BCUT2D eigenvalue weighted by atomic mass is 10.2. The van der Waals surface area contributed by atoms with Crippen LogP contribution in [0.25, 0.3) is 0 Å². The zero-order valence-corrected chi connectivity index (χ0v) is 8.40. The molecule has 4 N–H and O–H groups in total. The van der Waals surface area contributed by atoms with Crippen molar-refractivity contribution < 1.29 is 14.6 Å². The van der Waals surface area contributed by atoms with E-state index in [2.05, 4.69) is 5.32 Å². The van der Waals surface area contributed by atoms with Crippen LogP contribution in [-0.2, 0) is 9.53 Å². The number of hydrogen-bond donors (Lipinski definition) is 3. The van der Waals surface area contributed by atoms with Crippen LogP contribution in [0.1, 0.15) is 19.8 Å². The van der Waals surface area contributed by atoms with Gasteiger partial charge in [-0.05, 0) is 19.8 Å². The Morgan fingerprint density at radius 3 is 2.93 bits per heavy atom. The second-order valence-corrected chi connectivity index (χ2v) is 3.72. The van der Waals surface area contributed by atoms with Gasteiger partial charge in [0.25, 0.3) is 0 Å². The zero-order chi connectivity index (χ0) is 10.6. The number of nitrogens with one attached hydrogen (secondary N) is 1. The van der Waals surface area contributed by atoms with Crippen molar-refractivity contribution in [3.05, 3.63) is 0 Å². The van der Waals surface area contributed by atoms with Gasteiger partial charge in [0, 0.05) is 13.1 Å². The number of nitrogens with two attached hydrogens (primary N) is 1. The summed E-state index contributed by atoms with van der Waals surface area (Å²) in [5.41, 5.74) is 4.89. The molecule has 1 amide bonds. The maximum absolute atomic E-state index is 10.5. The van der Waals surface area contributed by atoms with E-state index in [9.17, 15) is 4.79 Å². The summed E-state index contributed by atoms with van der Waals surface area (Å²) in [4.78, 5) is 10.5. The number of amides is 1. The van der Waals surface area contributed by atoms with Gasteiger partial charge >= 0.3 is 0 Å². The second-order valence-electron chi connectivity index (χ2n) is 3.72. The minimum atomic E-state index is -1.10. The molecule has 0 aliphatic carbocycles. The van der Waals surface area contributed by atoms with Crippen LogP contribution in [0.2, 0.25) is 0 Å². The quantitative estimate of drug-likeness (QED) is 0.533. The standard InChI is InChI=1S/C9H18N2O3/c1-6-2-3-7(14-6)4-11-5-8(12)9(10)13/h6-8,11-12H,2-5H2,1H3,(H2,10,13). The van der Waals surface area contributed by atoms with Crippen LogP contribution in [0, 0.1) is 0 Å². The van der Waals surface area contributed by atoms with E-state index in [1.165, 1.54) is 0 Å². The highest BCUT2D eigenvalue weighted by atomic mass is 16.5. The highest BCUT2D eigenvalue weighted by molar-refractivity contribution is 5.78. The summed E-state index contributed by atoms with van der Waals surface area (Å²) < 4.78 is 5.54. The van der Waals surface area contributed by atoms with E-state index in [-0.39, 0.29) is 12.6 Å². The van der Waals surface area contributed by atoms with E-state index in [0.717, 1.165) is 12.8 Å². The molecule has 5 nitrogen and oxygen atoms in total. The molecule has 1 saturated heterocycles. The zero-order valence-electron chi connectivity index (χ0n) is 8.40. The second kappa shape index (κ2) is 5.29. The van der Waals surface area contributed by atoms with Crippen molar-refractivity contribution in [2.24, 2.45) is 5.73 Å². The van der Waals surface area contributed by atoms with Crippen LogP contribution < -0.4 is 11.1 Å². The first-order valence-corrected chi connectivity index (χ1v) is 4.93. The van der Waals surface area contributed by atoms with Crippen molar-refractivity contribution in [3.63, 3.8) is 0 Å². The molecule has 14 heavy (non-hydrogen) atoms. The number of hydrogen-bond acceptors (Lipinski definition) is 4. The lowest BCUT2D eigenvalue weighted by Crippen LogP contribution is -2.40. The van der Waals surface area contributed by atoms with Gasteiger partial charge in [-0.1, -0.05) is 0 Å². The third-order valence-corrected chi connectivity index (χ3v) is 2.36. The molecule has 0 saturated carbocycles. The monoisotopic (exact) mass is 202 g/mol. The number of aliphatic hydroxyl groups is 1. The van der Waals surface area contributed by atoms with Gasteiger partial charge in [0.1, 0.15) is 6.10 Å². The van der Waals surface area contributed by atoms with E-state index in [4.69, 9.17) is 15.6 Å². The summed E-state index contributed by atoms with van der Waals surface area (Å²) in [5, 5.41) is 12.0. The molecule has 82 valence electrons. The molecule has 0 aromatic rings. The molecule has 3 atom stereocenters. The number of carbonyl (C=O) groups is 1. The van der Waals surface area contributed by atoms with Gasteiger partial charge in [0.15, 0.2) is 0 Å². The van der Waals surface area contributed by atoms with Crippen molar-refractivity contribution in [1.82, 2.24) is 5.32 Å². The van der Waals surface area contributed by atoms with Crippen molar-refractivity contribution in [2.45, 2.75) is 38.1 Å². The third-order valence-electron chi connectivity index (χ3n) is 2.36. The Balaban J connectivity index is 2.07. The van der Waals surface area contributed by atoms with Crippen LogP contribution in [0.4, 0.5) is 0 Å². The minimum Gasteiger partial charge on any atom is -0.382 e. The fourth-order valence-electron chi connectivity index (χ4n) is 1.52. The highest BCUT2D eigenvalue weighted by Gasteiger charge is 2.21. The first kappa shape index (κ1) is 11.4. The summed E-state index contributed by atoms with van der Waals surface area (Å²) in [6.45, 7) is 2.90. The number of ether oxygens (including phenoxy) is 1. The van der Waals surface area contributed by atoms with Gasteiger partial charge < -0.3 is 20.9 Å². The molecule has 0 spiro atoms. The van der Waals surface area contributed by atoms with Gasteiger partial charge in [-0.2, -0.15) is 0 Å². The lowest BCUT2D eigenvalue weighted by Gasteiger charge is -2.13. The Morgan fingerprint density at radius 2 is 2.43 bits per heavy atom. The first-order chi connectivity index (χ1) is 6.59. The van der Waals surface area contributed by atoms with E-state index in [1.807, 2.05) is 6.92 Å². The van der Waals surface area contributed by atoms with Crippen LogP contribution in [0.15, 0.2) is 0 Å². The molecule has 0 radical (unpaired) electrons. The van der Waals surface area contributed by atoms with Crippen LogP contribution in [0.5, 0.6) is 0 Å². The lowest BCUT2D eigenvalue weighted by molar-refractivity contribution is -0.125. The number of primary amides is 1. The first-order valence-electron chi connectivity index (χ1n) is 4.93. The Labute approximate surface area is 83.6 Å². The van der Waals surface area contributed by atoms with Crippen LogP contribution >= 0.6 is 0 Å². The Morgan fingerprint density at radius 1 is 1.71 bits per heavy atom. The third kappa shape index (κ3) is 3.61. The Bertz CT molecular complexity index is 198. The van der Waals surface area contributed by atoms with Crippen molar-refractivity contribution in [3.8, 4) is 0 Å². The average molecular weight is 202 g/mol. The molecule has 1 aliphatic rings. The highest BCUT2D eigenvalue weighted by Crippen LogP contribution is 2.17. The fraction of sp³-hybridized carbons (Fsp3) is 0.889. The maximum Gasteiger partial charge on any atom is 0.247 e. The normalized spacial score (nSPS) is 29.0. The van der Waals surface area contributed by atoms with Gasteiger partial charge in [-0.15, -0.1) is 0 Å². The van der Waals surface area contributed by atoms with E-state index >= 15 is 0 Å². The average Bonchev–Trinajstić information content (AvgIpc) is 2.51. The molecule has 3 unspecified atom stereocenters. The molecule has 1 fully saturated rings. The van der Waals surface area contributed by atoms with E-state index in [0.29, 0.717) is 12.6 Å². The fourth-order valence-corrected chi connectivity index (χ4v) is 1.52. The topological polar surface area (TPSA) is 84.6 Å². The maximum atomic E-state index is 10.5. The molecular formula is C9H18N2O3. The van der Waals surface area contributed by atoms with Crippen molar-refractivity contribution >= 4 is 5.91 Å². The Kier molecular flexibility index (Phi) is 4.31. The van der Waals surface area contributed by atoms with Gasteiger partial charge in [-0.25, -0.2) is 0 Å². The number of carbonyl (C=O) groups excluding carboxylic acids is 1. The molecule has 0 aromatic heterocycles. The van der Waals surface area contributed by atoms with E-state index in [1.54, 1.807) is 0 Å². The van der Waals surface area contributed by atoms with E-state index < -0.39 is 12.0 Å². The molecule has 0 bridgehead atoms. The van der Waals surface area contributed by atoms with Gasteiger partial charge in [-0.3, -0.25) is 4.79 Å². The minimum absolute atomic E-state index is 0.198. The summed E-state index contributed by atoms with van der Waals surface area (Å²) in [6, 6.07) is 0. The summed E-state index contributed by atoms with van der Waals surface area (Å²) in [5.74, 6) is -0.696. The van der Waals surface area contributed by atoms with Crippen molar-refractivity contribution in [1.29, 1.82) is 0 Å². The summed E-state index contributed by atoms with van der Waals surface area (Å²) >= 11 is 0. The predicted octanol–water partition coefficient (Wildman–Crippen LogP) is -1.01. The molecule has 0 aromatic carbocycles.